The summed E-state index contributed by atoms with van der Waals surface area (Å²) in [6.45, 7) is 1.62. The zero-order valence-corrected chi connectivity index (χ0v) is 9.62. The van der Waals surface area contributed by atoms with Crippen molar-refractivity contribution in [2.24, 2.45) is 0 Å². The highest BCUT2D eigenvalue weighted by atomic mass is 32.2. The minimum absolute atomic E-state index is 0.243. The fourth-order valence-corrected chi connectivity index (χ4v) is 2.24. The van der Waals surface area contributed by atoms with E-state index in [0.29, 0.717) is 11.5 Å². The standard InChI is InChI=1S/C4H8O2S.C3H8O2S/c5-7(6)3-1-2-4-7;1-3-6(2,4)5/h1-4H2;3H2,1-2H3. The Morgan fingerprint density at radius 2 is 1.46 bits per heavy atom. The Hall–Kier alpha value is -0.100. The third kappa shape index (κ3) is 8.24. The molecule has 0 N–H and O–H groups in total. The second-order valence-corrected chi connectivity index (χ2v) is 7.81. The summed E-state index contributed by atoms with van der Waals surface area (Å²) in [5.41, 5.74) is 0. The smallest absolute Gasteiger partial charge is 0.150 e. The van der Waals surface area contributed by atoms with Crippen molar-refractivity contribution in [2.45, 2.75) is 19.8 Å². The minimum atomic E-state index is -2.66. The molecule has 6 heteroatoms. The molecule has 0 aromatic heterocycles. The molecule has 0 unspecified atom stereocenters. The predicted molar refractivity (Wildman–Crippen MR) is 53.3 cm³/mol. The van der Waals surface area contributed by atoms with Gasteiger partial charge in [-0.1, -0.05) is 6.92 Å². The van der Waals surface area contributed by atoms with Gasteiger partial charge >= 0.3 is 0 Å². The molecule has 0 amide bonds. The van der Waals surface area contributed by atoms with Crippen molar-refractivity contribution >= 4 is 19.7 Å². The highest BCUT2D eigenvalue weighted by Gasteiger charge is 2.16. The van der Waals surface area contributed by atoms with Crippen molar-refractivity contribution < 1.29 is 16.8 Å². The van der Waals surface area contributed by atoms with E-state index in [2.05, 4.69) is 0 Å². The summed E-state index contributed by atoms with van der Waals surface area (Å²) in [5.74, 6) is 1.09. The van der Waals surface area contributed by atoms with E-state index in [1.165, 1.54) is 6.26 Å². The zero-order chi connectivity index (χ0) is 10.5. The van der Waals surface area contributed by atoms with Crippen LogP contribution in [0, 0.1) is 0 Å². The lowest BCUT2D eigenvalue weighted by Gasteiger charge is -1.81. The molecule has 1 heterocycles. The van der Waals surface area contributed by atoms with Crippen molar-refractivity contribution in [3.8, 4) is 0 Å². The Bertz CT molecular complexity index is 314. The SMILES string of the molecule is CCS(C)(=O)=O.O=S1(=O)CCCC1. The molecule has 1 fully saturated rings. The van der Waals surface area contributed by atoms with E-state index in [0.717, 1.165) is 12.8 Å². The molecule has 0 bridgehead atoms. The van der Waals surface area contributed by atoms with E-state index < -0.39 is 19.7 Å². The Kier molecular flexibility index (Phi) is 4.91. The van der Waals surface area contributed by atoms with Crippen LogP contribution in [0.5, 0.6) is 0 Å². The summed E-state index contributed by atoms with van der Waals surface area (Å²) in [6.07, 6.45) is 2.97. The lowest BCUT2D eigenvalue weighted by Crippen LogP contribution is -1.98. The van der Waals surface area contributed by atoms with Gasteiger partial charge in [-0.15, -0.1) is 0 Å². The average Bonchev–Trinajstić information content (AvgIpc) is 2.34. The second kappa shape index (κ2) is 4.95. The van der Waals surface area contributed by atoms with Gasteiger partial charge in [-0.2, -0.15) is 0 Å². The van der Waals surface area contributed by atoms with Gasteiger partial charge in [0.05, 0.1) is 11.5 Å². The van der Waals surface area contributed by atoms with E-state index in [1.54, 1.807) is 6.92 Å². The van der Waals surface area contributed by atoms with Gasteiger partial charge in [-0.05, 0) is 12.8 Å². The third-order valence-electron chi connectivity index (χ3n) is 1.69. The molecule has 4 nitrogen and oxygen atoms in total. The van der Waals surface area contributed by atoms with Crippen molar-refractivity contribution in [2.75, 3.05) is 23.5 Å². The minimum Gasteiger partial charge on any atom is -0.229 e. The Labute approximate surface area is 80.2 Å². The first-order valence-electron chi connectivity index (χ1n) is 4.15. The fourth-order valence-electron chi connectivity index (χ4n) is 0.746. The van der Waals surface area contributed by atoms with Crippen LogP contribution < -0.4 is 0 Å². The zero-order valence-electron chi connectivity index (χ0n) is 7.99. The number of hydrogen-bond acceptors (Lipinski definition) is 4. The average molecular weight is 228 g/mol. The molecule has 1 rings (SSSR count). The summed E-state index contributed by atoms with van der Waals surface area (Å²) < 4.78 is 40.9. The monoisotopic (exact) mass is 228 g/mol. The van der Waals surface area contributed by atoms with E-state index in [-0.39, 0.29) is 5.75 Å². The first kappa shape index (κ1) is 12.9. The van der Waals surface area contributed by atoms with Crippen LogP contribution in [0.15, 0.2) is 0 Å². The lowest BCUT2D eigenvalue weighted by atomic mass is 10.4. The molecule has 1 saturated heterocycles. The van der Waals surface area contributed by atoms with Crippen LogP contribution >= 0.6 is 0 Å². The summed E-state index contributed by atoms with van der Waals surface area (Å²) >= 11 is 0. The van der Waals surface area contributed by atoms with Gasteiger partial charge in [0, 0.05) is 12.0 Å². The van der Waals surface area contributed by atoms with Crippen molar-refractivity contribution in [3.05, 3.63) is 0 Å². The lowest BCUT2D eigenvalue weighted by molar-refractivity contribution is 0.601. The quantitative estimate of drug-likeness (QED) is 0.645. The molecule has 0 saturated carbocycles. The van der Waals surface area contributed by atoms with E-state index in [9.17, 15) is 16.8 Å². The van der Waals surface area contributed by atoms with Gasteiger partial charge in [0.2, 0.25) is 0 Å². The van der Waals surface area contributed by atoms with Gasteiger partial charge in [-0.3, -0.25) is 0 Å². The van der Waals surface area contributed by atoms with Gasteiger partial charge in [-0.25, -0.2) is 16.8 Å². The Morgan fingerprint density at radius 3 is 1.54 bits per heavy atom. The van der Waals surface area contributed by atoms with Gasteiger partial charge in [0.25, 0.3) is 0 Å². The molecule has 13 heavy (non-hydrogen) atoms. The van der Waals surface area contributed by atoms with Gasteiger partial charge < -0.3 is 0 Å². The van der Waals surface area contributed by atoms with Crippen LogP contribution in [-0.4, -0.2) is 40.3 Å². The molecule has 80 valence electrons. The highest BCUT2D eigenvalue weighted by molar-refractivity contribution is 7.91. The maximum absolute atomic E-state index is 10.4. The molecular formula is C7H16O4S2. The normalized spacial score (nSPS) is 20.5. The van der Waals surface area contributed by atoms with Crippen LogP contribution in [0.1, 0.15) is 19.8 Å². The van der Waals surface area contributed by atoms with Crippen molar-refractivity contribution in [1.29, 1.82) is 0 Å². The maximum atomic E-state index is 10.4. The van der Waals surface area contributed by atoms with Crippen LogP contribution in [0.4, 0.5) is 0 Å². The fraction of sp³-hybridized carbons (Fsp3) is 1.00. The second-order valence-electron chi connectivity index (χ2n) is 3.07. The molecular weight excluding hydrogens is 212 g/mol. The van der Waals surface area contributed by atoms with Crippen LogP contribution in [0.2, 0.25) is 0 Å². The largest absolute Gasteiger partial charge is 0.229 e. The van der Waals surface area contributed by atoms with Gasteiger partial charge in [0.1, 0.15) is 19.7 Å². The van der Waals surface area contributed by atoms with Crippen LogP contribution in [0.25, 0.3) is 0 Å². The molecule has 1 aliphatic heterocycles. The molecule has 0 radical (unpaired) electrons. The Morgan fingerprint density at radius 1 is 1.15 bits per heavy atom. The summed E-state index contributed by atoms with van der Waals surface area (Å²) in [6, 6.07) is 0. The summed E-state index contributed by atoms with van der Waals surface area (Å²) in [4.78, 5) is 0. The Balaban J connectivity index is 0.000000226. The summed E-state index contributed by atoms with van der Waals surface area (Å²) in [5, 5.41) is 0. The van der Waals surface area contributed by atoms with Crippen LogP contribution in [0.3, 0.4) is 0 Å². The number of rotatable bonds is 1. The molecule has 1 aliphatic rings. The molecule has 0 aliphatic carbocycles. The highest BCUT2D eigenvalue weighted by Crippen LogP contribution is 2.08. The topological polar surface area (TPSA) is 68.3 Å². The van der Waals surface area contributed by atoms with Crippen molar-refractivity contribution in [3.63, 3.8) is 0 Å². The first-order valence-corrected chi connectivity index (χ1v) is 8.03. The van der Waals surface area contributed by atoms with E-state index in [1.807, 2.05) is 0 Å². The summed E-state index contributed by atoms with van der Waals surface area (Å²) in [7, 11) is -5.21. The van der Waals surface area contributed by atoms with Crippen molar-refractivity contribution in [1.82, 2.24) is 0 Å². The molecule has 0 aromatic rings. The maximum Gasteiger partial charge on any atom is 0.150 e. The van der Waals surface area contributed by atoms with E-state index >= 15 is 0 Å². The van der Waals surface area contributed by atoms with E-state index in [4.69, 9.17) is 0 Å². The molecule has 0 aromatic carbocycles. The number of sulfone groups is 2. The molecule has 0 atom stereocenters. The van der Waals surface area contributed by atoms with Crippen LogP contribution in [-0.2, 0) is 19.7 Å². The van der Waals surface area contributed by atoms with Gasteiger partial charge in [0.15, 0.2) is 0 Å². The molecule has 0 spiro atoms. The first-order chi connectivity index (χ1) is 5.77. The number of hydrogen-bond donors (Lipinski definition) is 0. The predicted octanol–water partition coefficient (Wildman–Crippen LogP) is 0.246. The third-order valence-corrected chi connectivity index (χ3v) is 4.56.